The van der Waals surface area contributed by atoms with Crippen molar-refractivity contribution in [3.63, 3.8) is 0 Å². The second-order valence-electron chi connectivity index (χ2n) is 7.92. The van der Waals surface area contributed by atoms with Crippen molar-refractivity contribution in [1.82, 2.24) is 9.80 Å². The van der Waals surface area contributed by atoms with Gasteiger partial charge in [-0.1, -0.05) is 24.8 Å². The zero-order valence-electron chi connectivity index (χ0n) is 19.3. The van der Waals surface area contributed by atoms with Crippen molar-refractivity contribution in [3.05, 3.63) is 77.9 Å². The van der Waals surface area contributed by atoms with E-state index in [1.165, 1.54) is 4.90 Å². The van der Waals surface area contributed by atoms with E-state index in [4.69, 9.17) is 9.47 Å². The van der Waals surface area contributed by atoms with E-state index in [-0.39, 0.29) is 11.3 Å². The Morgan fingerprint density at radius 3 is 2.24 bits per heavy atom. The Bertz CT molecular complexity index is 1030. The maximum absolute atomic E-state index is 13.1. The van der Waals surface area contributed by atoms with Gasteiger partial charge in [0.15, 0.2) is 0 Å². The highest BCUT2D eigenvalue weighted by Crippen LogP contribution is 2.39. The van der Waals surface area contributed by atoms with Gasteiger partial charge in [0.1, 0.15) is 23.9 Å². The van der Waals surface area contributed by atoms with Crippen LogP contribution in [0, 0.1) is 0 Å². The highest BCUT2D eigenvalue weighted by atomic mass is 16.5. The first kappa shape index (κ1) is 24.1. The second kappa shape index (κ2) is 10.8. The lowest BCUT2D eigenvalue weighted by atomic mass is 9.95. The molecule has 0 radical (unpaired) electrons. The Kier molecular flexibility index (Phi) is 7.90. The van der Waals surface area contributed by atoms with Crippen LogP contribution in [0.5, 0.6) is 11.5 Å². The molecule has 7 nitrogen and oxygen atoms in total. The van der Waals surface area contributed by atoms with Crippen LogP contribution in [0.2, 0.25) is 0 Å². The Morgan fingerprint density at radius 1 is 1.06 bits per heavy atom. The van der Waals surface area contributed by atoms with Gasteiger partial charge in [-0.2, -0.15) is 0 Å². The fourth-order valence-electron chi connectivity index (χ4n) is 3.70. The molecular weight excluding hydrogens is 420 g/mol. The summed E-state index contributed by atoms with van der Waals surface area (Å²) in [4.78, 5) is 29.5. The first-order valence-electron chi connectivity index (χ1n) is 10.9. The lowest BCUT2D eigenvalue weighted by Crippen LogP contribution is -2.35. The number of ether oxygens (including phenoxy) is 2. The number of hydrogen-bond donors (Lipinski definition) is 1. The van der Waals surface area contributed by atoms with Gasteiger partial charge in [0, 0.05) is 18.7 Å². The van der Waals surface area contributed by atoms with Crippen LogP contribution in [0.4, 0.5) is 0 Å². The smallest absolute Gasteiger partial charge is 0.295 e. The van der Waals surface area contributed by atoms with Crippen LogP contribution in [0.1, 0.15) is 24.1 Å². The minimum absolute atomic E-state index is 0.0719. The molecule has 1 N–H and O–H groups in total. The standard InChI is InChI=1S/C26H30N2O5/c1-5-17-33-21-11-7-18(8-12-21)23-22(25(30)26(31)28(23)16-15-27(3)4)24(29)19-9-13-20(14-10-19)32-6-2/h5,7-14,23,29H,1,6,15-17H2,2-4H3/t23-/m1/s1. The number of hydrogen-bond acceptors (Lipinski definition) is 6. The molecule has 1 saturated heterocycles. The summed E-state index contributed by atoms with van der Waals surface area (Å²) >= 11 is 0. The molecule has 0 bridgehead atoms. The first-order valence-corrected chi connectivity index (χ1v) is 10.9. The molecule has 7 heteroatoms. The molecule has 1 heterocycles. The summed E-state index contributed by atoms with van der Waals surface area (Å²) in [5.41, 5.74) is 1.23. The first-order chi connectivity index (χ1) is 15.9. The minimum atomic E-state index is -0.704. The van der Waals surface area contributed by atoms with Gasteiger partial charge in [-0.05, 0) is 63.0 Å². The molecular formula is C26H30N2O5. The van der Waals surface area contributed by atoms with Crippen LogP contribution in [-0.4, -0.2) is 67.0 Å². The van der Waals surface area contributed by atoms with Crippen molar-refractivity contribution in [1.29, 1.82) is 0 Å². The number of likely N-dealkylation sites (N-methyl/N-ethyl adjacent to an activating group) is 1. The minimum Gasteiger partial charge on any atom is -0.507 e. The second-order valence-corrected chi connectivity index (χ2v) is 7.92. The summed E-state index contributed by atoms with van der Waals surface area (Å²) in [6, 6.07) is 13.3. The molecule has 0 spiro atoms. The van der Waals surface area contributed by atoms with Gasteiger partial charge in [0.2, 0.25) is 0 Å². The number of carbonyl (C=O) groups is 2. The average molecular weight is 451 g/mol. The van der Waals surface area contributed by atoms with Gasteiger partial charge in [0.05, 0.1) is 18.2 Å². The molecule has 0 saturated carbocycles. The van der Waals surface area contributed by atoms with Crippen LogP contribution in [0.25, 0.3) is 5.76 Å². The third kappa shape index (κ3) is 5.43. The Morgan fingerprint density at radius 2 is 1.67 bits per heavy atom. The van der Waals surface area contributed by atoms with E-state index in [1.54, 1.807) is 42.5 Å². The molecule has 174 valence electrons. The van der Waals surface area contributed by atoms with E-state index in [2.05, 4.69) is 6.58 Å². The molecule has 1 aliphatic heterocycles. The number of likely N-dealkylation sites (tertiary alicyclic amines) is 1. The van der Waals surface area contributed by atoms with E-state index in [1.807, 2.05) is 38.1 Å². The third-order valence-electron chi connectivity index (χ3n) is 5.33. The van der Waals surface area contributed by atoms with Crippen molar-refractivity contribution in [2.24, 2.45) is 0 Å². The number of nitrogens with zero attached hydrogens (tertiary/aromatic N) is 2. The highest BCUT2D eigenvalue weighted by molar-refractivity contribution is 6.46. The largest absolute Gasteiger partial charge is 0.507 e. The van der Waals surface area contributed by atoms with Gasteiger partial charge in [-0.3, -0.25) is 9.59 Å². The molecule has 0 aromatic heterocycles. The number of Topliss-reactive ketones (excluding diaryl/α,β-unsaturated/α-hetero) is 1. The fraction of sp³-hybridized carbons (Fsp3) is 0.308. The van der Waals surface area contributed by atoms with E-state index in [0.717, 1.165) is 0 Å². The number of amides is 1. The normalized spacial score (nSPS) is 17.5. The summed E-state index contributed by atoms with van der Waals surface area (Å²) in [5, 5.41) is 11.1. The van der Waals surface area contributed by atoms with Crippen LogP contribution < -0.4 is 9.47 Å². The van der Waals surface area contributed by atoms with Gasteiger partial charge in [0.25, 0.3) is 11.7 Å². The Labute approximate surface area is 194 Å². The predicted molar refractivity (Wildman–Crippen MR) is 127 cm³/mol. The van der Waals surface area contributed by atoms with Crippen molar-refractivity contribution in [2.75, 3.05) is 40.4 Å². The van der Waals surface area contributed by atoms with Gasteiger partial charge >= 0.3 is 0 Å². The lowest BCUT2D eigenvalue weighted by molar-refractivity contribution is -0.140. The van der Waals surface area contributed by atoms with Crippen molar-refractivity contribution >= 4 is 17.4 Å². The van der Waals surface area contributed by atoms with Crippen LogP contribution in [-0.2, 0) is 9.59 Å². The maximum Gasteiger partial charge on any atom is 0.295 e. The topological polar surface area (TPSA) is 79.3 Å². The van der Waals surface area contributed by atoms with Gasteiger partial charge < -0.3 is 24.4 Å². The summed E-state index contributed by atoms with van der Waals surface area (Å²) < 4.78 is 11.0. The molecule has 3 rings (SSSR count). The third-order valence-corrected chi connectivity index (χ3v) is 5.33. The quantitative estimate of drug-likeness (QED) is 0.258. The van der Waals surface area contributed by atoms with Gasteiger partial charge in [-0.15, -0.1) is 0 Å². The highest BCUT2D eigenvalue weighted by Gasteiger charge is 2.45. The van der Waals surface area contributed by atoms with Crippen LogP contribution >= 0.6 is 0 Å². The maximum atomic E-state index is 13.1. The molecule has 1 fully saturated rings. The number of benzene rings is 2. The SMILES string of the molecule is C=CCOc1ccc([C@@H]2C(=C(O)c3ccc(OCC)cc3)C(=O)C(=O)N2CCN(C)C)cc1. The molecule has 33 heavy (non-hydrogen) atoms. The molecule has 0 aliphatic carbocycles. The fourth-order valence-corrected chi connectivity index (χ4v) is 3.70. The molecule has 1 atom stereocenters. The van der Waals surface area contributed by atoms with Crippen LogP contribution in [0.3, 0.4) is 0 Å². The monoisotopic (exact) mass is 450 g/mol. The number of ketones is 1. The zero-order valence-corrected chi connectivity index (χ0v) is 19.3. The summed E-state index contributed by atoms with van der Waals surface area (Å²) in [7, 11) is 3.80. The van der Waals surface area contributed by atoms with Crippen molar-refractivity contribution in [3.8, 4) is 11.5 Å². The predicted octanol–water partition coefficient (Wildman–Crippen LogP) is 3.63. The van der Waals surface area contributed by atoms with E-state index in [0.29, 0.717) is 48.9 Å². The van der Waals surface area contributed by atoms with Crippen molar-refractivity contribution < 1.29 is 24.2 Å². The lowest BCUT2D eigenvalue weighted by Gasteiger charge is -2.26. The molecule has 2 aromatic carbocycles. The Balaban J connectivity index is 2.05. The summed E-state index contributed by atoms with van der Waals surface area (Å²) in [6.07, 6.45) is 1.65. The molecule has 1 amide bonds. The summed E-state index contributed by atoms with van der Waals surface area (Å²) in [5.74, 6) is -0.221. The summed E-state index contributed by atoms with van der Waals surface area (Å²) in [6.45, 7) is 7.34. The number of aliphatic hydroxyl groups excluding tert-OH is 1. The number of rotatable bonds is 10. The van der Waals surface area contributed by atoms with E-state index in [9.17, 15) is 14.7 Å². The number of carbonyl (C=O) groups excluding carboxylic acids is 2. The Hall–Kier alpha value is -3.58. The average Bonchev–Trinajstić information content (AvgIpc) is 3.06. The van der Waals surface area contributed by atoms with Crippen LogP contribution in [0.15, 0.2) is 66.8 Å². The van der Waals surface area contributed by atoms with E-state index >= 15 is 0 Å². The van der Waals surface area contributed by atoms with Gasteiger partial charge in [-0.25, -0.2) is 0 Å². The molecule has 1 aliphatic rings. The van der Waals surface area contributed by atoms with E-state index < -0.39 is 17.7 Å². The van der Waals surface area contributed by atoms with Crippen molar-refractivity contribution in [2.45, 2.75) is 13.0 Å². The zero-order chi connectivity index (χ0) is 24.0. The molecule has 2 aromatic rings. The molecule has 0 unspecified atom stereocenters. The number of aliphatic hydroxyl groups is 1.